The van der Waals surface area contributed by atoms with Crippen LogP contribution in [0.2, 0.25) is 0 Å². The van der Waals surface area contributed by atoms with Crippen LogP contribution in [-0.4, -0.2) is 22.3 Å². The maximum Gasteiger partial charge on any atom is 0.239 e. The van der Waals surface area contributed by atoms with Crippen LogP contribution < -0.4 is 10.4 Å². The Kier molecular flexibility index (Phi) is 3.90. The van der Waals surface area contributed by atoms with Crippen LogP contribution in [0.3, 0.4) is 0 Å². The Labute approximate surface area is 115 Å². The number of carbonyl (C=O) groups is 2. The average molecular weight is 277 g/mol. The maximum absolute atomic E-state index is 11.5. The molecule has 0 bridgehead atoms. The molecule has 0 aromatic heterocycles. The lowest BCUT2D eigenvalue weighted by atomic mass is 10.1. The highest BCUT2D eigenvalue weighted by atomic mass is 32.2. The number of hydrogen-bond donors (Lipinski definition) is 1. The summed E-state index contributed by atoms with van der Waals surface area (Å²) in [7, 11) is 0. The summed E-state index contributed by atoms with van der Waals surface area (Å²) < 4.78 is 0. The highest BCUT2D eigenvalue weighted by Gasteiger charge is 2.30. The van der Waals surface area contributed by atoms with Gasteiger partial charge < -0.3 is 15.2 Å². The Morgan fingerprint density at radius 1 is 1.37 bits per heavy atom. The van der Waals surface area contributed by atoms with E-state index in [1.807, 2.05) is 32.0 Å². The second-order valence-electron chi connectivity index (χ2n) is 4.43. The molecule has 1 aliphatic heterocycles. The van der Waals surface area contributed by atoms with Crippen LogP contribution in [0.25, 0.3) is 0 Å². The summed E-state index contributed by atoms with van der Waals surface area (Å²) in [6, 6.07) is 5.83. The van der Waals surface area contributed by atoms with Gasteiger partial charge in [0.2, 0.25) is 5.91 Å². The number of carboxylic acid groups (broad SMARTS) is 1. The number of amidine groups is 1. The standard InChI is InChI=1S/C13H14N2O3S/c1-7-3-8(2)5-9(4-7)14-13-15-12(18)10(19-13)6-11(16)17/h3-5,10H,6H2,1-2H3,(H,16,17)(H,14,15,18)/p-1/t10-/m0/s1. The number of aliphatic carboxylic acids is 1. The summed E-state index contributed by atoms with van der Waals surface area (Å²) in [5.74, 6) is -1.57. The molecule has 0 aliphatic carbocycles. The summed E-state index contributed by atoms with van der Waals surface area (Å²) in [5, 5.41) is 12.9. The van der Waals surface area contributed by atoms with Crippen molar-refractivity contribution in [3.63, 3.8) is 0 Å². The summed E-state index contributed by atoms with van der Waals surface area (Å²) in [5.41, 5.74) is 2.91. The van der Waals surface area contributed by atoms with Crippen LogP contribution in [0.5, 0.6) is 0 Å². The first-order valence-electron chi connectivity index (χ1n) is 5.78. The lowest BCUT2D eigenvalue weighted by Gasteiger charge is -2.04. The summed E-state index contributed by atoms with van der Waals surface area (Å²) in [6.07, 6.45) is -0.303. The van der Waals surface area contributed by atoms with Gasteiger partial charge in [0.05, 0.1) is 10.9 Å². The second kappa shape index (κ2) is 5.44. The van der Waals surface area contributed by atoms with Gasteiger partial charge in [-0.3, -0.25) is 4.79 Å². The van der Waals surface area contributed by atoms with Crippen molar-refractivity contribution in [3.8, 4) is 0 Å². The Bertz CT molecular complexity index is 549. The third-order valence-electron chi connectivity index (χ3n) is 2.57. The molecular formula is C13H13N2O3S-. The van der Waals surface area contributed by atoms with Crippen LogP contribution in [0.4, 0.5) is 5.69 Å². The van der Waals surface area contributed by atoms with Gasteiger partial charge in [-0.25, -0.2) is 4.99 Å². The van der Waals surface area contributed by atoms with Crippen molar-refractivity contribution < 1.29 is 14.7 Å². The van der Waals surface area contributed by atoms with Crippen molar-refractivity contribution in [2.75, 3.05) is 0 Å². The minimum atomic E-state index is -1.24. The van der Waals surface area contributed by atoms with Gasteiger partial charge in [-0.2, -0.15) is 0 Å². The van der Waals surface area contributed by atoms with Gasteiger partial charge in [0.1, 0.15) is 0 Å². The molecule has 0 saturated carbocycles. The minimum Gasteiger partial charge on any atom is -0.550 e. The van der Waals surface area contributed by atoms with E-state index >= 15 is 0 Å². The maximum atomic E-state index is 11.5. The van der Waals surface area contributed by atoms with Crippen molar-refractivity contribution in [2.24, 2.45) is 4.99 Å². The first kappa shape index (κ1) is 13.6. The Hall–Kier alpha value is -1.82. The number of carboxylic acids is 1. The second-order valence-corrected chi connectivity index (χ2v) is 5.63. The van der Waals surface area contributed by atoms with E-state index in [1.54, 1.807) is 0 Å². The number of benzene rings is 1. The molecule has 19 heavy (non-hydrogen) atoms. The number of nitrogens with zero attached hydrogens (tertiary/aromatic N) is 1. The van der Waals surface area contributed by atoms with Crippen LogP contribution in [0.1, 0.15) is 17.5 Å². The van der Waals surface area contributed by atoms with Gasteiger partial charge in [0.15, 0.2) is 5.17 Å². The predicted octanol–water partition coefficient (Wildman–Crippen LogP) is 0.663. The molecule has 1 aliphatic rings. The van der Waals surface area contributed by atoms with E-state index in [2.05, 4.69) is 10.3 Å². The SMILES string of the molecule is Cc1cc(C)cc(N=C2NC(=O)[C@H](CC(=O)[O-])S2)c1. The fraction of sp³-hybridized carbons (Fsp3) is 0.308. The van der Waals surface area contributed by atoms with Crippen LogP contribution in [0, 0.1) is 13.8 Å². The molecule has 1 aromatic rings. The van der Waals surface area contributed by atoms with Crippen LogP contribution >= 0.6 is 11.8 Å². The minimum absolute atomic E-state index is 0.303. The molecule has 1 N–H and O–H groups in total. The van der Waals surface area contributed by atoms with Gasteiger partial charge in [-0.15, -0.1) is 0 Å². The fourth-order valence-corrected chi connectivity index (χ4v) is 2.85. The van der Waals surface area contributed by atoms with Crippen molar-refractivity contribution in [1.82, 2.24) is 5.32 Å². The Balaban J connectivity index is 2.17. The molecule has 6 heteroatoms. The number of amides is 1. The molecule has 1 saturated heterocycles. The number of hydrogen-bond acceptors (Lipinski definition) is 5. The van der Waals surface area contributed by atoms with Crippen molar-refractivity contribution in [1.29, 1.82) is 0 Å². The molecule has 1 fully saturated rings. The molecule has 1 aromatic carbocycles. The first-order valence-corrected chi connectivity index (χ1v) is 6.66. The van der Waals surface area contributed by atoms with Gasteiger partial charge in [-0.1, -0.05) is 17.8 Å². The molecular weight excluding hydrogens is 264 g/mol. The monoisotopic (exact) mass is 277 g/mol. The number of carbonyl (C=O) groups excluding carboxylic acids is 2. The smallest absolute Gasteiger partial charge is 0.239 e. The summed E-state index contributed by atoms with van der Waals surface area (Å²) >= 11 is 1.12. The zero-order valence-electron chi connectivity index (χ0n) is 10.6. The first-order chi connectivity index (χ1) is 8.94. The van der Waals surface area contributed by atoms with Crippen LogP contribution in [-0.2, 0) is 9.59 Å². The van der Waals surface area contributed by atoms with Crippen LogP contribution in [0.15, 0.2) is 23.2 Å². The quantitative estimate of drug-likeness (QED) is 0.880. The third kappa shape index (κ3) is 3.57. The highest BCUT2D eigenvalue weighted by molar-refractivity contribution is 8.15. The van der Waals surface area contributed by atoms with Gasteiger partial charge in [0.25, 0.3) is 0 Å². The Morgan fingerprint density at radius 2 is 2.00 bits per heavy atom. The lowest BCUT2D eigenvalue weighted by molar-refractivity contribution is -0.305. The number of aliphatic imine (C=N–C) groups is 1. The number of rotatable bonds is 3. The van der Waals surface area contributed by atoms with Crippen molar-refractivity contribution >= 4 is 34.5 Å². The lowest BCUT2D eigenvalue weighted by Crippen LogP contribution is -2.31. The van der Waals surface area contributed by atoms with Crippen molar-refractivity contribution in [3.05, 3.63) is 29.3 Å². The van der Waals surface area contributed by atoms with E-state index in [-0.39, 0.29) is 12.3 Å². The van der Waals surface area contributed by atoms with E-state index < -0.39 is 11.2 Å². The Morgan fingerprint density at radius 3 is 2.58 bits per heavy atom. The van der Waals surface area contributed by atoms with Gasteiger partial charge in [-0.05, 0) is 37.1 Å². The molecule has 2 rings (SSSR count). The zero-order valence-corrected chi connectivity index (χ0v) is 11.4. The molecule has 0 unspecified atom stereocenters. The molecule has 5 nitrogen and oxygen atoms in total. The topological polar surface area (TPSA) is 81.6 Å². The molecule has 0 radical (unpaired) electrons. The largest absolute Gasteiger partial charge is 0.550 e. The van der Waals surface area contributed by atoms with Gasteiger partial charge in [0, 0.05) is 12.4 Å². The molecule has 1 amide bonds. The fourth-order valence-electron chi connectivity index (χ4n) is 1.88. The number of aryl methyl sites for hydroxylation is 2. The molecule has 0 spiro atoms. The van der Waals surface area contributed by atoms with Crippen molar-refractivity contribution in [2.45, 2.75) is 25.5 Å². The molecule has 1 atom stereocenters. The molecule has 100 valence electrons. The zero-order chi connectivity index (χ0) is 14.0. The number of thioether (sulfide) groups is 1. The van der Waals surface area contributed by atoms with E-state index in [9.17, 15) is 14.7 Å². The number of nitrogens with one attached hydrogen (secondary N) is 1. The predicted molar refractivity (Wildman–Crippen MR) is 72.2 cm³/mol. The van der Waals surface area contributed by atoms with Gasteiger partial charge >= 0.3 is 0 Å². The van der Waals surface area contributed by atoms with E-state index in [1.165, 1.54) is 0 Å². The molecule has 1 heterocycles. The third-order valence-corrected chi connectivity index (χ3v) is 3.65. The normalized spacial score (nSPS) is 20.6. The highest BCUT2D eigenvalue weighted by Crippen LogP contribution is 2.25. The summed E-state index contributed by atoms with van der Waals surface area (Å²) in [4.78, 5) is 26.4. The van der Waals surface area contributed by atoms with E-state index in [0.29, 0.717) is 5.17 Å². The van der Waals surface area contributed by atoms with E-state index in [0.717, 1.165) is 28.6 Å². The van der Waals surface area contributed by atoms with E-state index in [4.69, 9.17) is 0 Å². The summed E-state index contributed by atoms with van der Waals surface area (Å²) in [6.45, 7) is 3.94. The average Bonchev–Trinajstić information content (AvgIpc) is 2.56.